The minimum absolute atomic E-state index is 0.323. The first-order valence-electron chi connectivity index (χ1n) is 5.07. The van der Waals surface area contributed by atoms with Crippen molar-refractivity contribution in [2.75, 3.05) is 7.11 Å². The number of furan rings is 1. The van der Waals surface area contributed by atoms with Crippen LogP contribution < -0.4 is 0 Å². The summed E-state index contributed by atoms with van der Waals surface area (Å²) >= 11 is 3.42. The second-order valence-electron chi connectivity index (χ2n) is 3.55. The van der Waals surface area contributed by atoms with Crippen molar-refractivity contribution in [3.63, 3.8) is 0 Å². The lowest BCUT2D eigenvalue weighted by molar-refractivity contribution is 0.110. The molecule has 1 heterocycles. The van der Waals surface area contributed by atoms with Gasteiger partial charge in [0.1, 0.15) is 5.76 Å². The van der Waals surface area contributed by atoms with Crippen molar-refractivity contribution in [2.45, 2.75) is 6.61 Å². The van der Waals surface area contributed by atoms with Gasteiger partial charge in [0.2, 0.25) is 0 Å². The summed E-state index contributed by atoms with van der Waals surface area (Å²) in [5.41, 5.74) is 1.94. The molecule has 0 atom stereocenters. The number of carbonyl (C=O) groups is 1. The largest absolute Gasteiger partial charge is 0.453 e. The molecule has 0 radical (unpaired) electrons. The van der Waals surface area contributed by atoms with E-state index in [2.05, 4.69) is 15.9 Å². The summed E-state index contributed by atoms with van der Waals surface area (Å²) in [5.74, 6) is 0.990. The van der Waals surface area contributed by atoms with Crippen molar-refractivity contribution < 1.29 is 13.9 Å². The molecular formula is C13H11BrO3. The lowest BCUT2D eigenvalue weighted by Gasteiger charge is -2.07. The molecule has 2 rings (SSSR count). The summed E-state index contributed by atoms with van der Waals surface area (Å²) in [5, 5.41) is 0. The van der Waals surface area contributed by atoms with E-state index in [0.717, 1.165) is 15.6 Å². The molecule has 88 valence electrons. The topological polar surface area (TPSA) is 39.4 Å². The highest BCUT2D eigenvalue weighted by molar-refractivity contribution is 9.10. The lowest BCUT2D eigenvalue weighted by atomic mass is 10.1. The monoisotopic (exact) mass is 294 g/mol. The first kappa shape index (κ1) is 12.1. The number of carbonyl (C=O) groups excluding carboxylic acids is 1. The summed E-state index contributed by atoms with van der Waals surface area (Å²) in [6, 6.07) is 9.29. The van der Waals surface area contributed by atoms with E-state index in [1.54, 1.807) is 19.2 Å². The van der Waals surface area contributed by atoms with Crippen LogP contribution in [-0.4, -0.2) is 13.4 Å². The number of hydrogen-bond donors (Lipinski definition) is 0. The average molecular weight is 295 g/mol. The van der Waals surface area contributed by atoms with E-state index in [0.29, 0.717) is 24.4 Å². The van der Waals surface area contributed by atoms with E-state index in [-0.39, 0.29) is 0 Å². The van der Waals surface area contributed by atoms with Crippen LogP contribution in [0.1, 0.15) is 16.1 Å². The van der Waals surface area contributed by atoms with Crippen molar-refractivity contribution in [1.82, 2.24) is 0 Å². The first-order valence-corrected chi connectivity index (χ1v) is 5.86. The van der Waals surface area contributed by atoms with Gasteiger partial charge < -0.3 is 9.15 Å². The van der Waals surface area contributed by atoms with Gasteiger partial charge in [-0.25, -0.2) is 0 Å². The van der Waals surface area contributed by atoms with Crippen molar-refractivity contribution in [3.05, 3.63) is 46.1 Å². The van der Waals surface area contributed by atoms with Gasteiger partial charge in [-0.1, -0.05) is 22.0 Å². The van der Waals surface area contributed by atoms with Gasteiger partial charge in [-0.2, -0.15) is 0 Å². The molecule has 0 unspecified atom stereocenters. The molecule has 0 saturated carbocycles. The maximum absolute atomic E-state index is 10.6. The SMILES string of the molecule is COCc1ccc(Br)cc1-c1ccc(C=O)o1. The highest BCUT2D eigenvalue weighted by atomic mass is 79.9. The number of halogens is 1. The number of benzene rings is 1. The lowest BCUT2D eigenvalue weighted by Crippen LogP contribution is -1.91. The number of methoxy groups -OCH3 is 1. The molecule has 0 aliphatic heterocycles. The molecule has 0 bridgehead atoms. The molecule has 17 heavy (non-hydrogen) atoms. The molecule has 0 fully saturated rings. The van der Waals surface area contributed by atoms with Gasteiger partial charge in [0.15, 0.2) is 12.0 Å². The van der Waals surface area contributed by atoms with Crippen LogP contribution in [0.15, 0.2) is 39.2 Å². The Labute approximate surface area is 108 Å². The average Bonchev–Trinajstić information content (AvgIpc) is 2.80. The van der Waals surface area contributed by atoms with Crippen molar-refractivity contribution >= 4 is 22.2 Å². The highest BCUT2D eigenvalue weighted by Crippen LogP contribution is 2.29. The first-order chi connectivity index (χ1) is 8.24. The Hall–Kier alpha value is -1.39. The van der Waals surface area contributed by atoms with Crippen molar-refractivity contribution in [2.24, 2.45) is 0 Å². The molecule has 0 aliphatic rings. The zero-order valence-electron chi connectivity index (χ0n) is 9.27. The van der Waals surface area contributed by atoms with Crippen LogP contribution >= 0.6 is 15.9 Å². The Morgan fingerprint density at radius 1 is 1.35 bits per heavy atom. The third-order valence-electron chi connectivity index (χ3n) is 2.38. The Kier molecular flexibility index (Phi) is 3.76. The smallest absolute Gasteiger partial charge is 0.185 e. The standard InChI is InChI=1S/C13H11BrO3/c1-16-8-9-2-3-10(14)6-12(9)13-5-4-11(7-15)17-13/h2-7H,8H2,1H3. The third-order valence-corrected chi connectivity index (χ3v) is 2.87. The third kappa shape index (κ3) is 2.65. The Morgan fingerprint density at radius 3 is 2.82 bits per heavy atom. The van der Waals surface area contributed by atoms with Crippen molar-refractivity contribution in [3.8, 4) is 11.3 Å². The van der Waals surface area contributed by atoms with E-state index in [1.165, 1.54) is 0 Å². The Balaban J connectivity index is 2.48. The predicted octanol–water partition coefficient (Wildman–Crippen LogP) is 3.67. The number of aldehydes is 1. The summed E-state index contributed by atoms with van der Waals surface area (Å²) in [6.07, 6.45) is 0.692. The molecule has 3 nitrogen and oxygen atoms in total. The minimum atomic E-state index is 0.323. The summed E-state index contributed by atoms with van der Waals surface area (Å²) in [4.78, 5) is 10.6. The predicted molar refractivity (Wildman–Crippen MR) is 67.9 cm³/mol. The second kappa shape index (κ2) is 5.29. The molecule has 4 heteroatoms. The van der Waals surface area contributed by atoms with Gasteiger partial charge in [0.25, 0.3) is 0 Å². The van der Waals surface area contributed by atoms with Gasteiger partial charge in [-0.15, -0.1) is 0 Å². The van der Waals surface area contributed by atoms with Crippen LogP contribution in [0.3, 0.4) is 0 Å². The van der Waals surface area contributed by atoms with Gasteiger partial charge in [0.05, 0.1) is 6.61 Å². The molecule has 0 N–H and O–H groups in total. The molecule has 0 saturated heterocycles. The van der Waals surface area contributed by atoms with E-state index >= 15 is 0 Å². The number of hydrogen-bond acceptors (Lipinski definition) is 3. The van der Waals surface area contributed by atoms with Crippen molar-refractivity contribution in [1.29, 1.82) is 0 Å². The van der Waals surface area contributed by atoms with Gasteiger partial charge in [0, 0.05) is 17.1 Å². The van der Waals surface area contributed by atoms with Crippen LogP contribution in [0, 0.1) is 0 Å². The fourth-order valence-corrected chi connectivity index (χ4v) is 1.98. The maximum Gasteiger partial charge on any atom is 0.185 e. The Morgan fingerprint density at radius 2 is 2.18 bits per heavy atom. The maximum atomic E-state index is 10.6. The van der Waals surface area contributed by atoms with E-state index in [9.17, 15) is 4.79 Å². The van der Waals surface area contributed by atoms with Gasteiger partial charge >= 0.3 is 0 Å². The summed E-state index contributed by atoms with van der Waals surface area (Å²) in [7, 11) is 1.64. The highest BCUT2D eigenvalue weighted by Gasteiger charge is 2.10. The normalized spacial score (nSPS) is 10.5. The van der Waals surface area contributed by atoms with Crippen LogP contribution in [0.5, 0.6) is 0 Å². The molecule has 1 aromatic heterocycles. The molecule has 0 spiro atoms. The number of ether oxygens (including phenoxy) is 1. The van der Waals surface area contributed by atoms with E-state index in [4.69, 9.17) is 9.15 Å². The molecule has 1 aromatic carbocycles. The fraction of sp³-hybridized carbons (Fsp3) is 0.154. The molecule has 2 aromatic rings. The zero-order chi connectivity index (χ0) is 12.3. The number of rotatable bonds is 4. The van der Waals surface area contributed by atoms with Crippen LogP contribution in [0.2, 0.25) is 0 Å². The quantitative estimate of drug-likeness (QED) is 0.808. The van der Waals surface area contributed by atoms with Crippen LogP contribution in [-0.2, 0) is 11.3 Å². The molecular weight excluding hydrogens is 284 g/mol. The molecule has 0 amide bonds. The van der Waals surface area contributed by atoms with Crippen LogP contribution in [0.25, 0.3) is 11.3 Å². The second-order valence-corrected chi connectivity index (χ2v) is 4.47. The fourth-order valence-electron chi connectivity index (χ4n) is 1.62. The summed E-state index contributed by atoms with van der Waals surface area (Å²) < 4.78 is 11.5. The van der Waals surface area contributed by atoms with E-state index < -0.39 is 0 Å². The van der Waals surface area contributed by atoms with Gasteiger partial charge in [-0.05, 0) is 29.8 Å². The zero-order valence-corrected chi connectivity index (χ0v) is 10.9. The summed E-state index contributed by atoms with van der Waals surface area (Å²) in [6.45, 7) is 0.500. The van der Waals surface area contributed by atoms with Gasteiger partial charge in [-0.3, -0.25) is 4.79 Å². The van der Waals surface area contributed by atoms with Crippen LogP contribution in [0.4, 0.5) is 0 Å². The Bertz CT molecular complexity index is 531. The minimum Gasteiger partial charge on any atom is -0.453 e. The molecule has 0 aliphatic carbocycles. The van der Waals surface area contributed by atoms with E-state index in [1.807, 2.05) is 18.2 Å².